The van der Waals surface area contributed by atoms with Crippen LogP contribution in [0.1, 0.15) is 43.1 Å². The number of ketones is 1. The third kappa shape index (κ3) is 4.39. The van der Waals surface area contributed by atoms with Crippen LogP contribution in [0.3, 0.4) is 0 Å². The summed E-state index contributed by atoms with van der Waals surface area (Å²) in [5, 5.41) is 0.653. The number of hydrogen-bond donors (Lipinski definition) is 0. The Morgan fingerprint density at radius 3 is 2.52 bits per heavy atom. The van der Waals surface area contributed by atoms with Crippen molar-refractivity contribution in [3.8, 4) is 0 Å². The molecule has 5 nitrogen and oxygen atoms in total. The Morgan fingerprint density at radius 2 is 1.85 bits per heavy atom. The van der Waals surface area contributed by atoms with Crippen LogP contribution in [0.2, 0.25) is 0 Å². The lowest BCUT2D eigenvalue weighted by Gasteiger charge is -2.19. The molecule has 0 saturated heterocycles. The van der Waals surface area contributed by atoms with Gasteiger partial charge in [0, 0.05) is 29.8 Å². The average Bonchev–Trinajstić information content (AvgIpc) is 2.99. The molecule has 0 radical (unpaired) electrons. The lowest BCUT2D eigenvalue weighted by Crippen LogP contribution is -2.26. The van der Waals surface area contributed by atoms with Gasteiger partial charge in [0.05, 0.1) is 11.7 Å². The molecular weight excluding hydrogens is 347 g/mol. The molecule has 27 heavy (non-hydrogen) atoms. The summed E-state index contributed by atoms with van der Waals surface area (Å²) in [6.45, 7) is 5.34. The van der Waals surface area contributed by atoms with Crippen LogP contribution >= 0.6 is 0 Å². The van der Waals surface area contributed by atoms with Gasteiger partial charge in [-0.3, -0.25) is 14.3 Å². The SMILES string of the molecule is CC(C)(C)OC(=O)n1cc(C(=O)CCc2ccc(F)cc2)c2ccncc21. The van der Waals surface area contributed by atoms with Gasteiger partial charge in [-0.2, -0.15) is 0 Å². The van der Waals surface area contributed by atoms with Crippen LogP contribution < -0.4 is 0 Å². The average molecular weight is 368 g/mol. The second-order valence-electron chi connectivity index (χ2n) is 7.34. The van der Waals surface area contributed by atoms with Gasteiger partial charge >= 0.3 is 6.09 Å². The van der Waals surface area contributed by atoms with Crippen molar-refractivity contribution in [2.75, 3.05) is 0 Å². The molecule has 3 aromatic rings. The third-order valence-electron chi connectivity index (χ3n) is 4.05. The normalized spacial score (nSPS) is 11.6. The highest BCUT2D eigenvalue weighted by Gasteiger charge is 2.22. The molecular formula is C21H21FN2O3. The van der Waals surface area contributed by atoms with Crippen LogP contribution in [0.15, 0.2) is 48.9 Å². The first-order valence-electron chi connectivity index (χ1n) is 8.71. The quantitative estimate of drug-likeness (QED) is 0.622. The van der Waals surface area contributed by atoms with E-state index in [9.17, 15) is 14.0 Å². The highest BCUT2D eigenvalue weighted by molar-refractivity contribution is 6.09. The number of carbonyl (C=O) groups is 2. The van der Waals surface area contributed by atoms with E-state index in [2.05, 4.69) is 4.98 Å². The van der Waals surface area contributed by atoms with E-state index in [0.29, 0.717) is 22.9 Å². The summed E-state index contributed by atoms with van der Waals surface area (Å²) in [6.07, 6.45) is 4.81. The van der Waals surface area contributed by atoms with Gasteiger partial charge in [0.2, 0.25) is 0 Å². The van der Waals surface area contributed by atoms with Crippen LogP contribution in [0.4, 0.5) is 9.18 Å². The van der Waals surface area contributed by atoms with Crippen molar-refractivity contribution in [1.82, 2.24) is 9.55 Å². The minimum absolute atomic E-state index is 0.0992. The molecule has 0 unspecified atom stereocenters. The smallest absolute Gasteiger partial charge is 0.419 e. The van der Waals surface area contributed by atoms with Crippen molar-refractivity contribution < 1.29 is 18.7 Å². The van der Waals surface area contributed by atoms with E-state index in [1.54, 1.807) is 45.2 Å². The Bertz CT molecular complexity index is 985. The molecule has 2 heterocycles. The van der Waals surface area contributed by atoms with Crippen LogP contribution in [0.25, 0.3) is 10.9 Å². The minimum Gasteiger partial charge on any atom is -0.443 e. The second-order valence-corrected chi connectivity index (χ2v) is 7.34. The lowest BCUT2D eigenvalue weighted by molar-refractivity contribution is 0.0544. The van der Waals surface area contributed by atoms with Gasteiger partial charge in [0.25, 0.3) is 0 Å². The number of Topliss-reactive ketones (excluding diaryl/α,β-unsaturated/α-hetero) is 1. The molecule has 0 atom stereocenters. The number of ether oxygens (including phenoxy) is 1. The fourth-order valence-electron chi connectivity index (χ4n) is 2.80. The van der Waals surface area contributed by atoms with Gasteiger partial charge < -0.3 is 4.74 Å². The maximum absolute atomic E-state index is 13.0. The maximum atomic E-state index is 13.0. The van der Waals surface area contributed by atoms with Crippen LogP contribution in [-0.2, 0) is 11.2 Å². The molecule has 0 aliphatic carbocycles. The van der Waals surface area contributed by atoms with Gasteiger partial charge in [-0.25, -0.2) is 9.18 Å². The molecule has 0 saturated carbocycles. The first-order chi connectivity index (χ1) is 12.7. The minimum atomic E-state index is -0.650. The largest absolute Gasteiger partial charge is 0.443 e. The van der Waals surface area contributed by atoms with E-state index >= 15 is 0 Å². The molecule has 0 fully saturated rings. The molecule has 6 heteroatoms. The number of benzene rings is 1. The number of nitrogens with zero attached hydrogens (tertiary/aromatic N) is 2. The maximum Gasteiger partial charge on any atom is 0.419 e. The van der Waals surface area contributed by atoms with Crippen molar-refractivity contribution in [1.29, 1.82) is 0 Å². The van der Waals surface area contributed by atoms with Crippen molar-refractivity contribution in [3.63, 3.8) is 0 Å². The van der Waals surface area contributed by atoms with E-state index in [4.69, 9.17) is 4.74 Å². The van der Waals surface area contributed by atoms with Crippen LogP contribution in [0.5, 0.6) is 0 Å². The molecule has 0 spiro atoms. The van der Waals surface area contributed by atoms with Gasteiger partial charge in [-0.05, 0) is 51.0 Å². The second kappa shape index (κ2) is 7.31. The van der Waals surface area contributed by atoms with Crippen molar-refractivity contribution in [3.05, 3.63) is 65.9 Å². The Labute approximate surface area is 156 Å². The van der Waals surface area contributed by atoms with Crippen molar-refractivity contribution in [2.24, 2.45) is 0 Å². The molecule has 1 aromatic carbocycles. The number of rotatable bonds is 4. The zero-order valence-corrected chi connectivity index (χ0v) is 15.5. The van der Waals surface area contributed by atoms with E-state index < -0.39 is 11.7 Å². The summed E-state index contributed by atoms with van der Waals surface area (Å²) in [6, 6.07) is 7.79. The number of hydrogen-bond acceptors (Lipinski definition) is 4. The lowest BCUT2D eigenvalue weighted by atomic mass is 10.0. The van der Waals surface area contributed by atoms with E-state index in [0.717, 1.165) is 5.56 Å². The summed E-state index contributed by atoms with van der Waals surface area (Å²) >= 11 is 0. The molecule has 0 amide bonds. The summed E-state index contributed by atoms with van der Waals surface area (Å²) in [4.78, 5) is 29.3. The Morgan fingerprint density at radius 1 is 1.15 bits per heavy atom. The van der Waals surface area contributed by atoms with Crippen molar-refractivity contribution in [2.45, 2.75) is 39.2 Å². The zero-order valence-electron chi connectivity index (χ0n) is 15.5. The predicted molar refractivity (Wildman–Crippen MR) is 100 cm³/mol. The van der Waals surface area contributed by atoms with Gasteiger partial charge in [-0.15, -0.1) is 0 Å². The number of pyridine rings is 1. The highest BCUT2D eigenvalue weighted by atomic mass is 19.1. The first kappa shape index (κ1) is 18.8. The molecule has 0 aliphatic heterocycles. The van der Waals surface area contributed by atoms with E-state index in [1.807, 2.05) is 0 Å². The molecule has 3 rings (SSSR count). The number of carbonyl (C=O) groups excluding carboxylic acids is 2. The molecule has 0 N–H and O–H groups in total. The van der Waals surface area contributed by atoms with E-state index in [1.165, 1.54) is 29.1 Å². The van der Waals surface area contributed by atoms with Crippen LogP contribution in [0, 0.1) is 5.82 Å². The monoisotopic (exact) mass is 368 g/mol. The molecule has 2 aromatic heterocycles. The molecule has 0 aliphatic rings. The number of halogens is 1. The standard InChI is InChI=1S/C21H21FN2O3/c1-21(2,3)27-20(26)24-13-17(16-10-11-23-12-18(16)24)19(25)9-6-14-4-7-15(22)8-5-14/h4-5,7-8,10-13H,6,9H2,1-3H3. The summed E-state index contributed by atoms with van der Waals surface area (Å²) < 4.78 is 19.7. The fourth-order valence-corrected chi connectivity index (χ4v) is 2.80. The summed E-state index contributed by atoms with van der Waals surface area (Å²) in [5.41, 5.74) is 1.20. The molecule has 140 valence electrons. The van der Waals surface area contributed by atoms with Gasteiger partial charge in [-0.1, -0.05) is 12.1 Å². The first-order valence-corrected chi connectivity index (χ1v) is 8.71. The summed E-state index contributed by atoms with van der Waals surface area (Å²) in [5.74, 6) is -0.407. The number of aromatic nitrogens is 2. The Balaban J connectivity index is 1.86. The number of aryl methyl sites for hydroxylation is 1. The highest BCUT2D eigenvalue weighted by Crippen LogP contribution is 2.24. The zero-order chi connectivity index (χ0) is 19.6. The van der Waals surface area contributed by atoms with E-state index in [-0.39, 0.29) is 18.0 Å². The Kier molecular flexibility index (Phi) is 5.08. The summed E-state index contributed by atoms with van der Waals surface area (Å²) in [7, 11) is 0. The van der Waals surface area contributed by atoms with Gasteiger partial charge in [0.1, 0.15) is 11.4 Å². The number of fused-ring (bicyclic) bond motifs is 1. The third-order valence-corrected chi connectivity index (χ3v) is 4.05. The predicted octanol–water partition coefficient (Wildman–Crippen LogP) is 4.77. The topological polar surface area (TPSA) is 61.2 Å². The molecule has 0 bridgehead atoms. The van der Waals surface area contributed by atoms with Gasteiger partial charge in [0.15, 0.2) is 5.78 Å². The van der Waals surface area contributed by atoms with Crippen molar-refractivity contribution >= 4 is 22.8 Å². The van der Waals surface area contributed by atoms with Crippen LogP contribution in [-0.4, -0.2) is 27.0 Å². The fraction of sp³-hybridized carbons (Fsp3) is 0.286. The Hall–Kier alpha value is -3.02.